The van der Waals surface area contributed by atoms with Crippen LogP contribution in [0.2, 0.25) is 0 Å². The first-order valence-electron chi connectivity index (χ1n) is 6.69. The Morgan fingerprint density at radius 3 is 2.50 bits per heavy atom. The number of hydrogen-bond acceptors (Lipinski definition) is 1. The molecule has 1 fully saturated rings. The van der Waals surface area contributed by atoms with Crippen LogP contribution in [0, 0.1) is 5.41 Å². The fourth-order valence-electron chi connectivity index (χ4n) is 2.67. The first kappa shape index (κ1) is 13.1. The molecule has 0 bridgehead atoms. The van der Waals surface area contributed by atoms with Gasteiger partial charge in [0.25, 0.3) is 6.33 Å². The molecule has 1 aromatic heterocycles. The summed E-state index contributed by atoms with van der Waals surface area (Å²) in [6.45, 7) is 4.63. The van der Waals surface area contributed by atoms with Crippen molar-refractivity contribution in [2.75, 3.05) is 7.05 Å². The molecule has 0 unspecified atom stereocenters. The Kier molecular flexibility index (Phi) is 3.46. The topological polar surface area (TPSA) is 29.1 Å². The summed E-state index contributed by atoms with van der Waals surface area (Å²) in [4.78, 5) is 14.2. The van der Waals surface area contributed by atoms with Crippen molar-refractivity contribution in [2.45, 2.75) is 45.6 Å². The summed E-state index contributed by atoms with van der Waals surface area (Å²) in [7, 11) is 3.85. The zero-order valence-electron chi connectivity index (χ0n) is 11.9. The summed E-state index contributed by atoms with van der Waals surface area (Å²) >= 11 is 0. The highest BCUT2D eigenvalue weighted by atomic mass is 16.2. The Morgan fingerprint density at radius 1 is 1.39 bits per heavy atom. The number of carbonyl (C=O) groups excluding carboxylic acids is 1. The summed E-state index contributed by atoms with van der Waals surface area (Å²) < 4.78 is 3.54. The molecule has 1 aromatic rings. The number of amides is 1. The zero-order chi connectivity index (χ0) is 13.3. The van der Waals surface area contributed by atoms with Crippen molar-refractivity contribution in [1.29, 1.82) is 0 Å². The highest BCUT2D eigenvalue weighted by Crippen LogP contribution is 2.36. The molecule has 4 heteroatoms. The summed E-state index contributed by atoms with van der Waals surface area (Å²) in [5.74, 6) is 0. The van der Waals surface area contributed by atoms with Gasteiger partial charge in [-0.2, -0.15) is 4.57 Å². The number of nitrogens with zero attached hydrogens (tertiary/aromatic N) is 3. The number of carbonyl (C=O) groups is 1. The molecule has 0 saturated heterocycles. The third-order valence-electron chi connectivity index (χ3n) is 4.15. The molecule has 0 radical (unpaired) electrons. The average molecular weight is 250 g/mol. The van der Waals surface area contributed by atoms with Crippen LogP contribution >= 0.6 is 0 Å². The highest BCUT2D eigenvalue weighted by Gasteiger charge is 2.32. The molecule has 0 aromatic carbocycles. The minimum atomic E-state index is 0.0697. The third-order valence-corrected chi connectivity index (χ3v) is 4.15. The van der Waals surface area contributed by atoms with E-state index in [4.69, 9.17) is 0 Å². The van der Waals surface area contributed by atoms with Crippen LogP contribution in [0.5, 0.6) is 0 Å². The Morgan fingerprint density at radius 2 is 2.00 bits per heavy atom. The molecular formula is C14H24N3O+. The Balaban J connectivity index is 2.00. The van der Waals surface area contributed by atoms with Crippen molar-refractivity contribution in [1.82, 2.24) is 9.47 Å². The zero-order valence-corrected chi connectivity index (χ0v) is 11.9. The van der Waals surface area contributed by atoms with E-state index >= 15 is 0 Å². The van der Waals surface area contributed by atoms with E-state index in [2.05, 4.69) is 13.8 Å². The van der Waals surface area contributed by atoms with Crippen LogP contribution in [0.1, 0.15) is 39.5 Å². The van der Waals surface area contributed by atoms with Gasteiger partial charge >= 0.3 is 6.03 Å². The van der Waals surface area contributed by atoms with Crippen LogP contribution in [-0.2, 0) is 7.05 Å². The summed E-state index contributed by atoms with van der Waals surface area (Å²) in [6, 6.07) is 0.457. The van der Waals surface area contributed by atoms with E-state index < -0.39 is 0 Å². The van der Waals surface area contributed by atoms with Gasteiger partial charge in [0.2, 0.25) is 0 Å². The highest BCUT2D eigenvalue weighted by molar-refractivity contribution is 5.76. The molecule has 0 aliphatic heterocycles. The van der Waals surface area contributed by atoms with Gasteiger partial charge in [0.05, 0.1) is 7.05 Å². The number of rotatable bonds is 1. The first-order chi connectivity index (χ1) is 8.39. The number of aromatic nitrogens is 2. The standard InChI is InChI=1S/C14H24N3O/c1-14(2)7-5-12(6-8-14)16(4)13(18)17-10-9-15(3)11-17/h9-12H,5-8H2,1-4H3/q+1. The molecule has 1 saturated carbocycles. The lowest BCUT2D eigenvalue weighted by molar-refractivity contribution is -0.670. The molecule has 0 N–H and O–H groups in total. The normalized spacial score (nSPS) is 19.8. The van der Waals surface area contributed by atoms with Crippen molar-refractivity contribution < 1.29 is 9.36 Å². The van der Waals surface area contributed by atoms with E-state index in [1.54, 1.807) is 4.57 Å². The SMILES string of the molecule is CN(C(=O)n1cc[n+](C)c1)C1CCC(C)(C)CC1. The summed E-state index contributed by atoms with van der Waals surface area (Å²) in [5, 5.41) is 0. The van der Waals surface area contributed by atoms with Crippen LogP contribution in [0.3, 0.4) is 0 Å². The predicted octanol–water partition coefficient (Wildman–Crippen LogP) is 2.18. The number of hydrogen-bond donors (Lipinski definition) is 0. The molecule has 100 valence electrons. The lowest BCUT2D eigenvalue weighted by atomic mass is 9.75. The second kappa shape index (κ2) is 4.75. The molecular weight excluding hydrogens is 226 g/mol. The van der Waals surface area contributed by atoms with E-state index in [1.165, 1.54) is 12.8 Å². The van der Waals surface area contributed by atoms with Crippen LogP contribution in [0.4, 0.5) is 4.79 Å². The van der Waals surface area contributed by atoms with Gasteiger partial charge in [0, 0.05) is 13.1 Å². The maximum atomic E-state index is 12.3. The van der Waals surface area contributed by atoms with Crippen LogP contribution < -0.4 is 4.57 Å². The molecule has 1 aliphatic rings. The molecule has 1 amide bonds. The van der Waals surface area contributed by atoms with Crippen molar-refractivity contribution >= 4 is 6.03 Å². The minimum Gasteiger partial charge on any atom is -0.304 e. The quantitative estimate of drug-likeness (QED) is 0.702. The molecule has 4 nitrogen and oxygen atoms in total. The second-order valence-corrected chi connectivity index (χ2v) is 6.28. The van der Waals surface area contributed by atoms with Gasteiger partial charge in [-0.3, -0.25) is 0 Å². The third kappa shape index (κ3) is 2.74. The molecule has 0 atom stereocenters. The molecule has 0 spiro atoms. The maximum Gasteiger partial charge on any atom is 0.415 e. The van der Waals surface area contributed by atoms with Crippen molar-refractivity contribution in [2.24, 2.45) is 12.5 Å². The smallest absolute Gasteiger partial charge is 0.304 e. The Labute approximate surface area is 109 Å². The molecule has 2 rings (SSSR count). The monoisotopic (exact) mass is 250 g/mol. The average Bonchev–Trinajstić information content (AvgIpc) is 2.74. The lowest BCUT2D eigenvalue weighted by Crippen LogP contribution is -2.42. The number of aryl methyl sites for hydroxylation is 1. The van der Waals surface area contributed by atoms with E-state index in [0.717, 1.165) is 12.8 Å². The van der Waals surface area contributed by atoms with Gasteiger partial charge in [-0.05, 0) is 31.1 Å². The maximum absolute atomic E-state index is 12.3. The van der Waals surface area contributed by atoms with Crippen LogP contribution in [0.15, 0.2) is 18.7 Å². The minimum absolute atomic E-state index is 0.0697. The van der Waals surface area contributed by atoms with E-state index in [-0.39, 0.29) is 6.03 Å². The fraction of sp³-hybridized carbons (Fsp3) is 0.714. The first-order valence-corrected chi connectivity index (χ1v) is 6.69. The van der Waals surface area contributed by atoms with E-state index in [1.807, 2.05) is 42.3 Å². The van der Waals surface area contributed by atoms with Gasteiger partial charge in [0.1, 0.15) is 12.4 Å². The van der Waals surface area contributed by atoms with Crippen molar-refractivity contribution in [3.05, 3.63) is 18.7 Å². The van der Waals surface area contributed by atoms with E-state index in [9.17, 15) is 4.79 Å². The lowest BCUT2D eigenvalue weighted by Gasteiger charge is -2.37. The van der Waals surface area contributed by atoms with E-state index in [0.29, 0.717) is 11.5 Å². The van der Waals surface area contributed by atoms with Crippen molar-refractivity contribution in [3.63, 3.8) is 0 Å². The molecule has 1 aliphatic carbocycles. The largest absolute Gasteiger partial charge is 0.415 e. The van der Waals surface area contributed by atoms with Gasteiger partial charge in [0.15, 0.2) is 0 Å². The Hall–Kier alpha value is -1.32. The molecule has 18 heavy (non-hydrogen) atoms. The van der Waals surface area contributed by atoms with Crippen molar-refractivity contribution in [3.8, 4) is 0 Å². The summed E-state index contributed by atoms with van der Waals surface area (Å²) in [5.41, 5.74) is 0.445. The summed E-state index contributed by atoms with van der Waals surface area (Å²) in [6.07, 6.45) is 10.1. The molecule has 1 heterocycles. The number of imidazole rings is 1. The van der Waals surface area contributed by atoms with Gasteiger partial charge < -0.3 is 4.90 Å². The van der Waals surface area contributed by atoms with Gasteiger partial charge in [-0.25, -0.2) is 9.36 Å². The second-order valence-electron chi connectivity index (χ2n) is 6.28. The predicted molar refractivity (Wildman–Crippen MR) is 70.2 cm³/mol. The fourth-order valence-corrected chi connectivity index (χ4v) is 2.67. The van der Waals surface area contributed by atoms with Crippen LogP contribution in [0.25, 0.3) is 0 Å². The van der Waals surface area contributed by atoms with Crippen LogP contribution in [-0.4, -0.2) is 28.6 Å². The van der Waals surface area contributed by atoms with Gasteiger partial charge in [-0.15, -0.1) is 0 Å². The van der Waals surface area contributed by atoms with Gasteiger partial charge in [-0.1, -0.05) is 13.8 Å². The Bertz CT molecular complexity index is 426.